The summed E-state index contributed by atoms with van der Waals surface area (Å²) >= 11 is 0. The molecule has 0 spiro atoms. The van der Waals surface area contributed by atoms with E-state index in [-0.39, 0.29) is 0 Å². The highest BCUT2D eigenvalue weighted by Gasteiger charge is 2.28. The minimum atomic E-state index is 0.827. The molecule has 0 bridgehead atoms. The molecule has 4 nitrogen and oxygen atoms in total. The van der Waals surface area contributed by atoms with E-state index in [2.05, 4.69) is 180 Å². The molecule has 4 heteroatoms. The number of rotatable bonds is 6. The van der Waals surface area contributed by atoms with Crippen LogP contribution >= 0.6 is 0 Å². The van der Waals surface area contributed by atoms with E-state index in [0.29, 0.717) is 0 Å². The molecule has 0 radical (unpaired) electrons. The van der Waals surface area contributed by atoms with Gasteiger partial charge in [-0.1, -0.05) is 85.1 Å². The molecule has 0 saturated carbocycles. The van der Waals surface area contributed by atoms with Crippen LogP contribution in [-0.2, 0) is 6.42 Å². The maximum atomic E-state index is 7.00. The van der Waals surface area contributed by atoms with Crippen LogP contribution in [0.15, 0.2) is 146 Å². The average Bonchev–Trinajstić information content (AvgIpc) is 3.68. The van der Waals surface area contributed by atoms with Gasteiger partial charge in [0, 0.05) is 39.4 Å². The number of nitrogens with zero attached hydrogens (tertiary/aromatic N) is 3. The van der Waals surface area contributed by atoms with Gasteiger partial charge < -0.3 is 18.8 Å². The molecule has 0 N–H and O–H groups in total. The van der Waals surface area contributed by atoms with Gasteiger partial charge >= 0.3 is 0 Å². The average molecular weight is 674 g/mol. The monoisotopic (exact) mass is 673 g/mol. The summed E-state index contributed by atoms with van der Waals surface area (Å²) in [6, 6.07) is 53.3. The molecule has 7 aromatic carbocycles. The number of para-hydroxylation sites is 2. The molecule has 9 aromatic rings. The maximum Gasteiger partial charge on any atom is 0.153 e. The Bertz CT molecular complexity index is 2670. The van der Waals surface area contributed by atoms with Crippen LogP contribution < -0.4 is 9.64 Å². The third-order valence-corrected chi connectivity index (χ3v) is 10.8. The lowest BCUT2D eigenvalue weighted by Gasteiger charge is -2.33. The number of aryl methyl sites for hydroxylation is 3. The lowest BCUT2D eigenvalue weighted by Crippen LogP contribution is -2.16. The SMILES string of the molecule is CCCCc1ccc(N2c3ccc(-n4c5ccccc5c5cc(C)ccc54)cc3Oc3cc(-n4c5ccccc5c5cc(C)ccc54)ccc32)cc1. The van der Waals surface area contributed by atoms with Gasteiger partial charge in [-0.25, -0.2) is 0 Å². The van der Waals surface area contributed by atoms with E-state index in [9.17, 15) is 0 Å². The van der Waals surface area contributed by atoms with E-state index >= 15 is 0 Å². The third-order valence-electron chi connectivity index (χ3n) is 10.8. The first-order valence-electron chi connectivity index (χ1n) is 18.4. The van der Waals surface area contributed by atoms with E-state index in [1.165, 1.54) is 73.1 Å². The van der Waals surface area contributed by atoms with E-state index in [4.69, 9.17) is 4.74 Å². The van der Waals surface area contributed by atoms with Crippen molar-refractivity contribution in [2.75, 3.05) is 4.90 Å². The summed E-state index contributed by atoms with van der Waals surface area (Å²) in [5.74, 6) is 1.65. The minimum absolute atomic E-state index is 0.827. The van der Waals surface area contributed by atoms with Gasteiger partial charge in [-0.15, -0.1) is 0 Å². The Morgan fingerprint density at radius 1 is 0.462 bits per heavy atom. The molecule has 1 aliphatic heterocycles. The smallest absolute Gasteiger partial charge is 0.153 e. The zero-order valence-electron chi connectivity index (χ0n) is 29.7. The van der Waals surface area contributed by atoms with Gasteiger partial charge in [0.05, 0.1) is 44.8 Å². The highest BCUT2D eigenvalue weighted by molar-refractivity contribution is 6.10. The van der Waals surface area contributed by atoms with Crippen molar-refractivity contribution in [1.29, 1.82) is 0 Å². The molecular formula is C48H39N3O. The first-order chi connectivity index (χ1) is 25.6. The number of aromatic nitrogens is 2. The van der Waals surface area contributed by atoms with Crippen molar-refractivity contribution in [3.8, 4) is 22.9 Å². The van der Waals surface area contributed by atoms with E-state index in [1.54, 1.807) is 0 Å². The largest absolute Gasteiger partial charge is 0.453 e. The van der Waals surface area contributed by atoms with Gasteiger partial charge in [0.2, 0.25) is 0 Å². The number of fused-ring (bicyclic) bond motifs is 8. The van der Waals surface area contributed by atoms with Gasteiger partial charge in [-0.05, 0) is 105 Å². The van der Waals surface area contributed by atoms with Crippen LogP contribution in [-0.4, -0.2) is 9.13 Å². The molecule has 252 valence electrons. The summed E-state index contributed by atoms with van der Waals surface area (Å²) in [6.45, 7) is 6.57. The lowest BCUT2D eigenvalue weighted by atomic mass is 10.1. The molecule has 0 saturated heterocycles. The summed E-state index contributed by atoms with van der Waals surface area (Å²) in [4.78, 5) is 2.36. The van der Waals surface area contributed by atoms with Crippen molar-refractivity contribution in [3.05, 3.63) is 162 Å². The highest BCUT2D eigenvalue weighted by atomic mass is 16.5. The first kappa shape index (κ1) is 30.6. The van der Waals surface area contributed by atoms with Crippen molar-refractivity contribution in [2.45, 2.75) is 40.0 Å². The topological polar surface area (TPSA) is 22.3 Å². The highest BCUT2D eigenvalue weighted by Crippen LogP contribution is 2.52. The summed E-state index contributed by atoms with van der Waals surface area (Å²) in [5, 5.41) is 5.02. The van der Waals surface area contributed by atoms with Crippen LogP contribution in [0.2, 0.25) is 0 Å². The van der Waals surface area contributed by atoms with E-state index in [0.717, 1.165) is 46.4 Å². The predicted octanol–water partition coefficient (Wildman–Crippen LogP) is 13.4. The summed E-state index contributed by atoms with van der Waals surface area (Å²) < 4.78 is 11.7. The second-order valence-corrected chi connectivity index (χ2v) is 14.3. The fraction of sp³-hybridized carbons (Fsp3) is 0.125. The summed E-state index contributed by atoms with van der Waals surface area (Å²) in [6.07, 6.45) is 3.48. The van der Waals surface area contributed by atoms with Crippen molar-refractivity contribution in [1.82, 2.24) is 9.13 Å². The van der Waals surface area contributed by atoms with E-state index in [1.807, 2.05) is 0 Å². The number of hydrogen-bond donors (Lipinski definition) is 0. The molecule has 0 amide bonds. The van der Waals surface area contributed by atoms with Crippen LogP contribution in [0.25, 0.3) is 55.0 Å². The molecule has 2 aromatic heterocycles. The number of benzene rings is 7. The van der Waals surface area contributed by atoms with Crippen molar-refractivity contribution in [3.63, 3.8) is 0 Å². The number of hydrogen-bond acceptors (Lipinski definition) is 2. The fourth-order valence-corrected chi connectivity index (χ4v) is 8.27. The fourth-order valence-electron chi connectivity index (χ4n) is 8.27. The Labute approximate surface area is 303 Å². The standard InChI is InChI=1S/C48H39N3O/c1-4-5-10-33-17-19-34(20-18-33)49-45-25-21-35(50-41-13-8-6-11-37(41)39-27-31(2)15-23-43(39)50)29-47(45)52-48-30-36(22-26-46(48)49)51-42-14-9-7-12-38(42)40-28-32(3)16-24-44(40)51/h6-9,11-30H,4-5,10H2,1-3H3. The van der Waals surface area contributed by atoms with Crippen molar-refractivity contribution >= 4 is 60.7 Å². The molecule has 1 aliphatic rings. The van der Waals surface area contributed by atoms with Crippen LogP contribution in [0.1, 0.15) is 36.5 Å². The first-order valence-corrected chi connectivity index (χ1v) is 18.4. The zero-order valence-corrected chi connectivity index (χ0v) is 29.7. The molecule has 3 heterocycles. The Morgan fingerprint density at radius 3 is 1.46 bits per heavy atom. The Kier molecular flexibility index (Phi) is 7.00. The molecule has 10 rings (SSSR count). The van der Waals surface area contributed by atoms with Crippen molar-refractivity contribution in [2.24, 2.45) is 0 Å². The van der Waals surface area contributed by atoms with Gasteiger partial charge in [0.15, 0.2) is 11.5 Å². The number of ether oxygens (including phenoxy) is 1. The second kappa shape index (κ2) is 11.9. The zero-order chi connectivity index (χ0) is 34.9. The Balaban J connectivity index is 1.17. The minimum Gasteiger partial charge on any atom is -0.453 e. The van der Waals surface area contributed by atoms with Crippen LogP contribution in [0, 0.1) is 13.8 Å². The summed E-state index contributed by atoms with van der Waals surface area (Å²) in [5.41, 5.74) is 13.9. The Hall–Kier alpha value is -6.26. The van der Waals surface area contributed by atoms with Gasteiger partial charge in [-0.3, -0.25) is 0 Å². The van der Waals surface area contributed by atoms with Crippen LogP contribution in [0.4, 0.5) is 17.1 Å². The maximum absolute atomic E-state index is 7.00. The van der Waals surface area contributed by atoms with E-state index < -0.39 is 0 Å². The summed E-state index contributed by atoms with van der Waals surface area (Å²) in [7, 11) is 0. The van der Waals surface area contributed by atoms with Gasteiger partial charge in [0.1, 0.15) is 0 Å². The molecule has 0 unspecified atom stereocenters. The molecule has 0 fully saturated rings. The number of anilines is 3. The third kappa shape index (κ3) is 4.75. The van der Waals surface area contributed by atoms with Crippen molar-refractivity contribution < 1.29 is 4.74 Å². The van der Waals surface area contributed by atoms with Crippen LogP contribution in [0.5, 0.6) is 11.5 Å². The second-order valence-electron chi connectivity index (χ2n) is 14.3. The molecule has 52 heavy (non-hydrogen) atoms. The number of unbranched alkanes of at least 4 members (excludes halogenated alkanes) is 1. The van der Waals surface area contributed by atoms with Gasteiger partial charge in [-0.2, -0.15) is 0 Å². The Morgan fingerprint density at radius 2 is 0.942 bits per heavy atom. The quantitative estimate of drug-likeness (QED) is 0.175. The van der Waals surface area contributed by atoms with Crippen LogP contribution in [0.3, 0.4) is 0 Å². The predicted molar refractivity (Wildman–Crippen MR) is 218 cm³/mol. The normalized spacial score (nSPS) is 12.5. The molecular weight excluding hydrogens is 635 g/mol. The molecule has 0 aliphatic carbocycles. The van der Waals surface area contributed by atoms with Gasteiger partial charge in [0.25, 0.3) is 0 Å². The lowest BCUT2D eigenvalue weighted by molar-refractivity contribution is 0.476. The molecule has 0 atom stereocenters.